The van der Waals surface area contributed by atoms with Crippen molar-refractivity contribution in [3.63, 3.8) is 0 Å². The van der Waals surface area contributed by atoms with Crippen molar-refractivity contribution >= 4 is 29.4 Å². The molecule has 180 valence electrons. The Labute approximate surface area is 206 Å². The van der Waals surface area contributed by atoms with E-state index in [2.05, 4.69) is 26.8 Å². The number of amides is 1. The highest BCUT2D eigenvalue weighted by Crippen LogP contribution is 2.17. The van der Waals surface area contributed by atoms with E-state index in [0.717, 1.165) is 55.8 Å². The van der Waals surface area contributed by atoms with Crippen molar-refractivity contribution in [1.82, 2.24) is 24.2 Å². The molecule has 0 aliphatic carbocycles. The number of aryl methyl sites for hydroxylation is 1. The molecular formula is C26H28N6O2S. The number of hydrogen-bond donors (Lipinski definition) is 2. The molecule has 4 heterocycles. The van der Waals surface area contributed by atoms with Crippen molar-refractivity contribution in [2.45, 2.75) is 39.7 Å². The van der Waals surface area contributed by atoms with E-state index >= 15 is 0 Å². The number of rotatable bonds is 4. The fourth-order valence-electron chi connectivity index (χ4n) is 4.57. The van der Waals surface area contributed by atoms with Crippen LogP contribution in [0.15, 0.2) is 41.2 Å². The van der Waals surface area contributed by atoms with Gasteiger partial charge in [-0.3, -0.25) is 20.1 Å². The number of fused-ring (bicyclic) bond motifs is 1. The third-order valence-electron chi connectivity index (χ3n) is 6.54. The highest BCUT2D eigenvalue weighted by molar-refractivity contribution is 7.11. The summed E-state index contributed by atoms with van der Waals surface area (Å²) >= 11 is 1.20. The number of hydrogen-bond acceptors (Lipinski definition) is 5. The number of nitrogens with zero attached hydrogens (tertiary/aromatic N) is 4. The Morgan fingerprint density at radius 3 is 2.66 bits per heavy atom. The summed E-state index contributed by atoms with van der Waals surface area (Å²) in [6.45, 7) is 6.32. The van der Waals surface area contributed by atoms with E-state index in [1.165, 1.54) is 27.7 Å². The fraction of sp³-hybridized carbons (Fsp3) is 0.308. The average Bonchev–Trinajstić information content (AvgIpc) is 3.38. The highest BCUT2D eigenvalue weighted by atomic mass is 32.1. The Kier molecular flexibility index (Phi) is 6.25. The second-order valence-corrected chi connectivity index (χ2v) is 9.96. The lowest BCUT2D eigenvalue weighted by Crippen LogP contribution is -2.47. The van der Waals surface area contributed by atoms with Crippen LogP contribution in [-0.4, -0.2) is 43.2 Å². The first-order valence-electron chi connectivity index (χ1n) is 11.8. The van der Waals surface area contributed by atoms with E-state index < -0.39 is 5.56 Å². The smallest absolute Gasteiger partial charge is 0.283 e. The molecule has 0 saturated carbocycles. The normalized spacial score (nSPS) is 15.3. The molecule has 0 bridgehead atoms. The number of piperidine rings is 1. The van der Waals surface area contributed by atoms with Gasteiger partial charge in [-0.05, 0) is 56.4 Å². The molecule has 1 saturated heterocycles. The summed E-state index contributed by atoms with van der Waals surface area (Å²) in [6.07, 6.45) is 6.47. The van der Waals surface area contributed by atoms with Crippen LogP contribution in [-0.2, 0) is 11.3 Å². The number of aromatic nitrogens is 4. The van der Waals surface area contributed by atoms with Crippen LogP contribution < -0.4 is 20.9 Å². The van der Waals surface area contributed by atoms with Crippen molar-refractivity contribution in [2.75, 3.05) is 13.1 Å². The summed E-state index contributed by atoms with van der Waals surface area (Å²) < 4.78 is 4.24. The van der Waals surface area contributed by atoms with Gasteiger partial charge in [0.15, 0.2) is 5.49 Å². The largest absolute Gasteiger partial charge is 0.344 e. The molecule has 1 amide bonds. The number of nitrogens with one attached hydrogen (secondary N) is 2. The van der Waals surface area contributed by atoms with Gasteiger partial charge in [-0.1, -0.05) is 41.7 Å². The Balaban J connectivity index is 1.54. The van der Waals surface area contributed by atoms with Gasteiger partial charge in [-0.2, -0.15) is 4.98 Å². The van der Waals surface area contributed by atoms with Gasteiger partial charge in [0.05, 0.1) is 5.22 Å². The minimum Gasteiger partial charge on any atom is -0.344 e. The van der Waals surface area contributed by atoms with Crippen LogP contribution in [0, 0.1) is 19.3 Å². The molecule has 8 nitrogen and oxygen atoms in total. The van der Waals surface area contributed by atoms with Crippen molar-refractivity contribution in [3.05, 3.63) is 84.6 Å². The SMILES string of the molecule is Cc1cc(/C=c2/c(=O)nc3s/c(=C/C(=O)N4CCCCC4)[nH]n-3c2=N)c(C)n1Cc1ccccc1. The van der Waals surface area contributed by atoms with Gasteiger partial charge >= 0.3 is 0 Å². The Morgan fingerprint density at radius 2 is 1.91 bits per heavy atom. The highest BCUT2D eigenvalue weighted by Gasteiger charge is 2.16. The lowest BCUT2D eigenvalue weighted by molar-refractivity contribution is -0.125. The van der Waals surface area contributed by atoms with E-state index in [-0.39, 0.29) is 16.6 Å². The molecule has 3 aliphatic rings. The summed E-state index contributed by atoms with van der Waals surface area (Å²) in [7, 11) is 0. The van der Waals surface area contributed by atoms with Gasteiger partial charge in [0, 0.05) is 37.1 Å². The summed E-state index contributed by atoms with van der Waals surface area (Å²) in [4.78, 5) is 31.5. The Hall–Kier alpha value is -3.72. The van der Waals surface area contributed by atoms with Gasteiger partial charge in [0.2, 0.25) is 11.0 Å². The summed E-state index contributed by atoms with van der Waals surface area (Å²) in [5, 5.41) is 12.3. The number of aromatic amines is 1. The number of carbonyl (C=O) groups is 1. The molecule has 1 aromatic heterocycles. The number of carbonyl (C=O) groups excluding carboxylic acids is 1. The molecule has 9 heteroatoms. The summed E-state index contributed by atoms with van der Waals surface area (Å²) in [5.74, 6) is -0.0559. The molecule has 0 atom stereocenters. The maximum atomic E-state index is 12.9. The Morgan fingerprint density at radius 1 is 1.17 bits per heavy atom. The first-order chi connectivity index (χ1) is 16.9. The van der Waals surface area contributed by atoms with Crippen LogP contribution in [0.3, 0.4) is 0 Å². The molecule has 0 spiro atoms. The molecule has 3 aliphatic heterocycles. The Bertz CT molecular complexity index is 1590. The van der Waals surface area contributed by atoms with Crippen molar-refractivity contribution < 1.29 is 4.79 Å². The first kappa shape index (κ1) is 23.0. The van der Waals surface area contributed by atoms with Gasteiger partial charge < -0.3 is 9.47 Å². The van der Waals surface area contributed by atoms with E-state index in [1.54, 1.807) is 6.08 Å². The average molecular weight is 489 g/mol. The maximum absolute atomic E-state index is 12.9. The van der Waals surface area contributed by atoms with Crippen LogP contribution in [0.4, 0.5) is 0 Å². The van der Waals surface area contributed by atoms with Crippen LogP contribution in [0.1, 0.15) is 41.8 Å². The zero-order valence-electron chi connectivity index (χ0n) is 19.9. The summed E-state index contributed by atoms with van der Waals surface area (Å²) in [6, 6.07) is 12.2. The molecule has 35 heavy (non-hydrogen) atoms. The van der Waals surface area contributed by atoms with Crippen LogP contribution in [0.25, 0.3) is 17.3 Å². The van der Waals surface area contributed by atoms with Crippen LogP contribution >= 0.6 is 11.3 Å². The number of likely N-dealkylation sites (tertiary alicyclic amines) is 1. The lowest BCUT2D eigenvalue weighted by Gasteiger charge is -2.25. The molecule has 2 aromatic rings. The third kappa shape index (κ3) is 4.64. The maximum Gasteiger partial charge on any atom is 0.283 e. The van der Waals surface area contributed by atoms with Crippen molar-refractivity contribution in [3.8, 4) is 5.13 Å². The zero-order chi connectivity index (χ0) is 24.5. The number of H-pyrrole nitrogens is 1. The minimum absolute atomic E-state index is 0.0224. The molecule has 1 aromatic carbocycles. The zero-order valence-corrected chi connectivity index (χ0v) is 20.7. The third-order valence-corrected chi connectivity index (χ3v) is 7.42. The van der Waals surface area contributed by atoms with Gasteiger partial charge in [0.25, 0.3) is 5.56 Å². The standard InChI is InChI=1S/C26H28N6O2S/c1-17-13-20(18(2)31(17)16-19-9-5-3-6-10-19)14-21-24(27)32-26(28-25(21)34)35-22(29-32)15-23(33)30-11-7-4-8-12-30/h3,5-6,9-10,13-15,27,29H,4,7-8,11-12,16H2,1-2H3/b21-14+,22-15+,27-24?. The molecule has 2 N–H and O–H groups in total. The molecule has 0 radical (unpaired) electrons. The second-order valence-electron chi connectivity index (χ2n) is 8.95. The first-order valence-corrected chi connectivity index (χ1v) is 12.6. The minimum atomic E-state index is -0.452. The predicted molar refractivity (Wildman–Crippen MR) is 136 cm³/mol. The topological polar surface area (TPSA) is 99.8 Å². The van der Waals surface area contributed by atoms with E-state index in [1.807, 2.05) is 43.0 Å². The fourth-order valence-corrected chi connectivity index (χ4v) is 5.42. The monoisotopic (exact) mass is 488 g/mol. The second kappa shape index (κ2) is 9.50. The van der Waals surface area contributed by atoms with Gasteiger partial charge in [-0.15, -0.1) is 0 Å². The molecule has 1 fully saturated rings. The molecule has 0 unspecified atom stereocenters. The van der Waals surface area contributed by atoms with E-state index in [0.29, 0.717) is 9.79 Å². The quantitative estimate of drug-likeness (QED) is 0.457. The lowest BCUT2D eigenvalue weighted by atomic mass is 10.1. The van der Waals surface area contributed by atoms with Crippen molar-refractivity contribution in [1.29, 1.82) is 5.41 Å². The van der Waals surface area contributed by atoms with Crippen molar-refractivity contribution in [2.24, 2.45) is 0 Å². The van der Waals surface area contributed by atoms with Gasteiger partial charge in [-0.25, -0.2) is 4.68 Å². The van der Waals surface area contributed by atoms with Crippen LogP contribution in [0.5, 0.6) is 0 Å². The number of benzene rings is 1. The summed E-state index contributed by atoms with van der Waals surface area (Å²) in [5.41, 5.74) is 3.74. The van der Waals surface area contributed by atoms with E-state index in [4.69, 9.17) is 5.41 Å². The molecule has 5 rings (SSSR count). The van der Waals surface area contributed by atoms with E-state index in [9.17, 15) is 9.59 Å². The van der Waals surface area contributed by atoms with Crippen LogP contribution in [0.2, 0.25) is 0 Å². The molecular weight excluding hydrogens is 460 g/mol. The van der Waals surface area contributed by atoms with Gasteiger partial charge in [0.1, 0.15) is 4.66 Å². The predicted octanol–water partition coefficient (Wildman–Crippen LogP) is 1.63.